The van der Waals surface area contributed by atoms with E-state index in [0.29, 0.717) is 23.5 Å². The number of aliphatic hydroxyl groups is 1. The molecule has 15 heavy (non-hydrogen) atoms. The molecule has 3 nitrogen and oxygen atoms in total. The second kappa shape index (κ2) is 3.64. The van der Waals surface area contributed by atoms with Crippen LogP contribution >= 0.6 is 12.2 Å². The third-order valence-corrected chi connectivity index (χ3v) is 2.46. The molecule has 0 radical (unpaired) electrons. The molecule has 2 rings (SSSR count). The summed E-state index contributed by atoms with van der Waals surface area (Å²) in [5.74, 6) is 0.688. The fraction of sp³-hybridized carbons (Fsp3) is 0.182. The van der Waals surface area contributed by atoms with Gasteiger partial charge in [-0.25, -0.2) is 0 Å². The van der Waals surface area contributed by atoms with Crippen LogP contribution in [0.2, 0.25) is 0 Å². The average molecular weight is 221 g/mol. The van der Waals surface area contributed by atoms with Gasteiger partial charge >= 0.3 is 0 Å². The summed E-state index contributed by atoms with van der Waals surface area (Å²) in [6.45, 7) is 2.28. The minimum atomic E-state index is -0.151. The van der Waals surface area contributed by atoms with Gasteiger partial charge in [-0.3, -0.25) is 0 Å². The number of thiocarbonyl (C=S) groups is 1. The van der Waals surface area contributed by atoms with E-state index in [1.165, 1.54) is 0 Å². The number of rotatable bonds is 2. The van der Waals surface area contributed by atoms with Crippen LogP contribution in [-0.2, 0) is 6.54 Å². The number of hydrogen-bond acceptors (Lipinski definition) is 3. The van der Waals surface area contributed by atoms with E-state index in [0.717, 1.165) is 10.9 Å². The number of aliphatic hydroxyl groups excluding tert-OH is 1. The molecule has 1 aromatic carbocycles. The predicted octanol–water partition coefficient (Wildman–Crippen LogP) is 2.43. The molecule has 0 aliphatic heterocycles. The number of benzene rings is 1. The molecule has 0 amide bonds. The van der Waals surface area contributed by atoms with Gasteiger partial charge in [0.2, 0.25) is 0 Å². The van der Waals surface area contributed by atoms with Crippen molar-refractivity contribution in [2.45, 2.75) is 13.5 Å². The molecule has 0 saturated carbocycles. The molecular weight excluding hydrogens is 210 g/mol. The van der Waals surface area contributed by atoms with Crippen LogP contribution in [-0.4, -0.2) is 10.2 Å². The van der Waals surface area contributed by atoms with E-state index in [2.05, 4.69) is 0 Å². The van der Waals surface area contributed by atoms with Crippen molar-refractivity contribution < 1.29 is 9.52 Å². The number of aryl methyl sites for hydroxylation is 1. The lowest BCUT2D eigenvalue weighted by Crippen LogP contribution is -1.95. The van der Waals surface area contributed by atoms with Crippen LogP contribution in [0.25, 0.3) is 11.0 Å². The third kappa shape index (κ3) is 1.73. The molecule has 2 aromatic rings. The van der Waals surface area contributed by atoms with Gasteiger partial charge in [0, 0.05) is 5.39 Å². The van der Waals surface area contributed by atoms with Crippen LogP contribution in [0, 0.1) is 6.92 Å². The van der Waals surface area contributed by atoms with Crippen LogP contribution in [0.15, 0.2) is 22.6 Å². The van der Waals surface area contributed by atoms with Gasteiger partial charge in [-0.15, -0.1) is 0 Å². The van der Waals surface area contributed by atoms with Gasteiger partial charge in [0.1, 0.15) is 11.3 Å². The Labute approximate surface area is 92.5 Å². The molecule has 4 heteroatoms. The second-order valence-electron chi connectivity index (χ2n) is 3.45. The zero-order valence-electron chi connectivity index (χ0n) is 8.28. The van der Waals surface area contributed by atoms with E-state index in [-0.39, 0.29) is 5.05 Å². The fourth-order valence-electron chi connectivity index (χ4n) is 1.62. The smallest absolute Gasteiger partial charge is 0.192 e. The maximum absolute atomic E-state index is 9.37. The minimum absolute atomic E-state index is 0.151. The van der Waals surface area contributed by atoms with Crippen molar-refractivity contribution in [2.24, 2.45) is 5.73 Å². The summed E-state index contributed by atoms with van der Waals surface area (Å²) >= 11 is 4.76. The normalized spacial score (nSPS) is 10.8. The number of furan rings is 1. The van der Waals surface area contributed by atoms with Crippen molar-refractivity contribution in [1.82, 2.24) is 0 Å². The summed E-state index contributed by atoms with van der Waals surface area (Å²) in [7, 11) is 0. The molecule has 0 atom stereocenters. The summed E-state index contributed by atoms with van der Waals surface area (Å²) in [5.41, 5.74) is 7.68. The molecule has 3 N–H and O–H groups in total. The molecule has 0 fully saturated rings. The molecular formula is C11H11NO2S. The number of hydrogen-bond donors (Lipinski definition) is 2. The molecule has 78 valence electrons. The summed E-state index contributed by atoms with van der Waals surface area (Å²) in [5, 5.41) is 10.1. The predicted molar refractivity (Wildman–Crippen MR) is 63.2 cm³/mol. The molecule has 1 heterocycles. The first-order chi connectivity index (χ1) is 7.11. The molecule has 0 unspecified atom stereocenters. The highest BCUT2D eigenvalue weighted by Crippen LogP contribution is 2.25. The number of nitrogens with two attached hydrogens (primary N) is 1. The van der Waals surface area contributed by atoms with Gasteiger partial charge in [-0.2, -0.15) is 0 Å². The van der Waals surface area contributed by atoms with Crippen LogP contribution < -0.4 is 5.73 Å². The molecule has 0 aliphatic rings. The van der Waals surface area contributed by atoms with E-state index < -0.39 is 0 Å². The Balaban J connectivity index is 2.77. The fourth-order valence-corrected chi connectivity index (χ4v) is 1.77. The van der Waals surface area contributed by atoms with Crippen LogP contribution in [0.5, 0.6) is 0 Å². The van der Waals surface area contributed by atoms with Crippen molar-refractivity contribution in [3.63, 3.8) is 0 Å². The standard InChI is InChI=1S/C11H11NO2S/c1-6-2-7-4-8(5-12)14-10(7)9(3-6)11(13)15/h2-4H,5,12H2,1H3,(H,13,15). The van der Waals surface area contributed by atoms with Crippen molar-refractivity contribution in [3.8, 4) is 0 Å². The van der Waals surface area contributed by atoms with Crippen LogP contribution in [0.4, 0.5) is 0 Å². The lowest BCUT2D eigenvalue weighted by atomic mass is 10.1. The Hall–Kier alpha value is -1.39. The zero-order valence-corrected chi connectivity index (χ0v) is 9.10. The zero-order chi connectivity index (χ0) is 11.0. The van der Waals surface area contributed by atoms with Gasteiger partial charge in [0.25, 0.3) is 0 Å². The van der Waals surface area contributed by atoms with Crippen LogP contribution in [0.1, 0.15) is 16.9 Å². The SMILES string of the molecule is Cc1cc(C(O)=S)c2oc(CN)cc2c1. The minimum Gasteiger partial charge on any atom is -0.498 e. The van der Waals surface area contributed by atoms with Crippen LogP contribution in [0.3, 0.4) is 0 Å². The first-order valence-electron chi connectivity index (χ1n) is 4.58. The Kier molecular flexibility index (Phi) is 2.46. The maximum Gasteiger partial charge on any atom is 0.192 e. The molecule has 0 spiro atoms. The molecule has 0 saturated heterocycles. The van der Waals surface area contributed by atoms with Crippen molar-refractivity contribution in [2.75, 3.05) is 0 Å². The average Bonchev–Trinajstić information content (AvgIpc) is 2.58. The molecule has 1 aromatic heterocycles. The Bertz CT molecular complexity index is 531. The third-order valence-electron chi connectivity index (χ3n) is 2.24. The van der Waals surface area contributed by atoms with Gasteiger partial charge in [0.05, 0.1) is 12.1 Å². The summed E-state index contributed by atoms with van der Waals surface area (Å²) in [4.78, 5) is 0. The monoisotopic (exact) mass is 221 g/mol. The first kappa shape index (κ1) is 10.1. The van der Waals surface area contributed by atoms with E-state index in [1.54, 1.807) is 6.07 Å². The van der Waals surface area contributed by atoms with Crippen molar-refractivity contribution >= 4 is 28.2 Å². The maximum atomic E-state index is 9.37. The van der Waals surface area contributed by atoms with E-state index in [4.69, 9.17) is 22.4 Å². The highest BCUT2D eigenvalue weighted by molar-refractivity contribution is 7.80. The van der Waals surface area contributed by atoms with E-state index in [9.17, 15) is 5.11 Å². The lowest BCUT2D eigenvalue weighted by Gasteiger charge is -2.00. The summed E-state index contributed by atoms with van der Waals surface area (Å²) in [6.07, 6.45) is 0. The van der Waals surface area contributed by atoms with Crippen molar-refractivity contribution in [3.05, 3.63) is 35.1 Å². The van der Waals surface area contributed by atoms with Gasteiger partial charge in [0.15, 0.2) is 5.05 Å². The second-order valence-corrected chi connectivity index (χ2v) is 3.84. The lowest BCUT2D eigenvalue weighted by molar-refractivity contribution is 0.544. The van der Waals surface area contributed by atoms with E-state index >= 15 is 0 Å². The highest BCUT2D eigenvalue weighted by atomic mass is 32.1. The Morgan fingerprint density at radius 3 is 2.80 bits per heavy atom. The van der Waals surface area contributed by atoms with Gasteiger partial charge in [-0.05, 0) is 42.9 Å². The number of fused-ring (bicyclic) bond motifs is 1. The highest BCUT2D eigenvalue weighted by Gasteiger charge is 2.11. The van der Waals surface area contributed by atoms with Crippen molar-refractivity contribution in [1.29, 1.82) is 0 Å². The molecule has 0 aliphatic carbocycles. The molecule has 0 bridgehead atoms. The van der Waals surface area contributed by atoms with Gasteiger partial charge in [-0.1, -0.05) is 0 Å². The van der Waals surface area contributed by atoms with E-state index in [1.807, 2.05) is 19.1 Å². The topological polar surface area (TPSA) is 59.4 Å². The Morgan fingerprint density at radius 2 is 2.20 bits per heavy atom. The quantitative estimate of drug-likeness (QED) is 0.765. The first-order valence-corrected chi connectivity index (χ1v) is 4.99. The summed E-state index contributed by atoms with van der Waals surface area (Å²) < 4.78 is 5.49. The largest absolute Gasteiger partial charge is 0.498 e. The van der Waals surface area contributed by atoms with Gasteiger partial charge < -0.3 is 15.3 Å². The Morgan fingerprint density at radius 1 is 1.47 bits per heavy atom. The summed E-state index contributed by atoms with van der Waals surface area (Å²) in [6, 6.07) is 5.64.